The number of benzene rings is 3. The highest BCUT2D eigenvalue weighted by molar-refractivity contribution is 6.30. The number of halogens is 3. The number of fused-ring (bicyclic) bond motifs is 1. The molecule has 3 aromatic carbocycles. The maximum absolute atomic E-state index is 13.9. The molecule has 0 radical (unpaired) electrons. The Morgan fingerprint density at radius 3 is 2.40 bits per heavy atom. The van der Waals surface area contributed by atoms with Crippen LogP contribution in [0.1, 0.15) is 29.2 Å². The summed E-state index contributed by atoms with van der Waals surface area (Å²) >= 11 is 5.78. The molecule has 3 aromatic rings. The van der Waals surface area contributed by atoms with Crippen LogP contribution in [0, 0.1) is 11.6 Å². The average molecular weight is 500 g/mol. The van der Waals surface area contributed by atoms with Gasteiger partial charge in [0.15, 0.2) is 0 Å². The molecule has 0 aliphatic carbocycles. The summed E-state index contributed by atoms with van der Waals surface area (Å²) in [5, 5.41) is 9.33. The van der Waals surface area contributed by atoms with E-state index in [1.54, 1.807) is 18.2 Å². The van der Waals surface area contributed by atoms with Crippen molar-refractivity contribution in [3.63, 3.8) is 0 Å². The van der Waals surface area contributed by atoms with Gasteiger partial charge in [0.2, 0.25) is 5.91 Å². The van der Waals surface area contributed by atoms with Crippen LogP contribution in [-0.2, 0) is 35.4 Å². The van der Waals surface area contributed by atoms with Crippen molar-refractivity contribution in [2.45, 2.75) is 38.3 Å². The standard InChI is InChI=1S/C27H24ClF2NO4/c1-27(13-19-4-8-22(28)23(30)11-19)14-20-10-18(5-9-24(20)35-27)12-25(32)31(16-26(33)34)15-17-2-6-21(29)7-3-17/h2-11H,12-16H2,1H3,(H,33,34)/t27-/m0/s1. The van der Waals surface area contributed by atoms with Crippen molar-refractivity contribution in [3.8, 4) is 5.75 Å². The Morgan fingerprint density at radius 1 is 1.03 bits per heavy atom. The Bertz CT molecular complexity index is 1260. The van der Waals surface area contributed by atoms with E-state index in [-0.39, 0.29) is 23.9 Å². The van der Waals surface area contributed by atoms with Gasteiger partial charge in [-0.2, -0.15) is 0 Å². The molecule has 182 valence electrons. The van der Waals surface area contributed by atoms with Crippen molar-refractivity contribution in [1.82, 2.24) is 4.90 Å². The predicted octanol–water partition coefficient (Wildman–Crippen LogP) is 5.21. The summed E-state index contributed by atoms with van der Waals surface area (Å²) in [5.74, 6) is -1.66. The van der Waals surface area contributed by atoms with Crippen molar-refractivity contribution in [2.24, 2.45) is 0 Å². The van der Waals surface area contributed by atoms with E-state index in [9.17, 15) is 23.5 Å². The Hall–Kier alpha value is -3.45. The third kappa shape index (κ3) is 6.17. The third-order valence-electron chi connectivity index (χ3n) is 5.93. The lowest BCUT2D eigenvalue weighted by Crippen LogP contribution is -2.36. The highest BCUT2D eigenvalue weighted by atomic mass is 35.5. The minimum atomic E-state index is -1.13. The maximum atomic E-state index is 13.9. The second kappa shape index (κ2) is 10.0. The van der Waals surface area contributed by atoms with Crippen molar-refractivity contribution < 1.29 is 28.2 Å². The maximum Gasteiger partial charge on any atom is 0.323 e. The van der Waals surface area contributed by atoms with E-state index in [2.05, 4.69) is 0 Å². The summed E-state index contributed by atoms with van der Waals surface area (Å²) in [6, 6.07) is 15.8. The number of carboxylic acid groups (broad SMARTS) is 1. The van der Waals surface area contributed by atoms with Gasteiger partial charge in [0.1, 0.15) is 29.5 Å². The minimum Gasteiger partial charge on any atom is -0.487 e. The number of carbonyl (C=O) groups is 2. The molecule has 1 amide bonds. The highest BCUT2D eigenvalue weighted by Crippen LogP contribution is 2.38. The lowest BCUT2D eigenvalue weighted by Gasteiger charge is -2.24. The van der Waals surface area contributed by atoms with Gasteiger partial charge in [-0.15, -0.1) is 0 Å². The molecule has 0 bridgehead atoms. The van der Waals surface area contributed by atoms with Gasteiger partial charge < -0.3 is 14.7 Å². The van der Waals surface area contributed by atoms with Crippen LogP contribution in [0.15, 0.2) is 60.7 Å². The molecule has 0 saturated carbocycles. The van der Waals surface area contributed by atoms with Gasteiger partial charge in [0, 0.05) is 19.4 Å². The van der Waals surface area contributed by atoms with Gasteiger partial charge in [-0.05, 0) is 59.5 Å². The highest BCUT2D eigenvalue weighted by Gasteiger charge is 2.35. The number of aliphatic carboxylic acids is 1. The van der Waals surface area contributed by atoms with E-state index in [0.717, 1.165) is 16.7 Å². The molecule has 0 fully saturated rings. The molecular weight excluding hydrogens is 476 g/mol. The summed E-state index contributed by atoms with van der Waals surface area (Å²) in [6.07, 6.45) is 1.07. The van der Waals surface area contributed by atoms with Crippen LogP contribution in [0.2, 0.25) is 5.02 Å². The number of rotatable bonds is 8. The third-order valence-corrected chi connectivity index (χ3v) is 6.24. The van der Waals surface area contributed by atoms with Gasteiger partial charge in [-0.3, -0.25) is 9.59 Å². The molecule has 0 aromatic heterocycles. The zero-order valence-corrected chi connectivity index (χ0v) is 19.8. The van der Waals surface area contributed by atoms with Gasteiger partial charge in [0.05, 0.1) is 11.4 Å². The normalized spacial score (nSPS) is 16.5. The van der Waals surface area contributed by atoms with Crippen molar-refractivity contribution in [3.05, 3.63) is 99.6 Å². The first kappa shape index (κ1) is 24.7. The largest absolute Gasteiger partial charge is 0.487 e. The quantitative estimate of drug-likeness (QED) is 0.462. The van der Waals surface area contributed by atoms with E-state index in [1.165, 1.54) is 41.3 Å². The summed E-state index contributed by atoms with van der Waals surface area (Å²) in [5.41, 5.74) is 2.48. The number of carboxylic acids is 1. The van der Waals surface area contributed by atoms with Crippen LogP contribution in [-0.4, -0.2) is 34.0 Å². The molecule has 5 nitrogen and oxygen atoms in total. The molecule has 1 aliphatic heterocycles. The first-order valence-electron chi connectivity index (χ1n) is 11.1. The van der Waals surface area contributed by atoms with Crippen LogP contribution in [0.4, 0.5) is 8.78 Å². The molecule has 1 N–H and O–H groups in total. The van der Waals surface area contributed by atoms with E-state index in [1.807, 2.05) is 13.0 Å². The van der Waals surface area contributed by atoms with Crippen LogP contribution >= 0.6 is 11.6 Å². The number of amides is 1. The second-order valence-corrected chi connectivity index (χ2v) is 9.45. The van der Waals surface area contributed by atoms with Crippen LogP contribution in [0.5, 0.6) is 5.75 Å². The summed E-state index contributed by atoms with van der Waals surface area (Å²) in [6.45, 7) is 1.55. The molecule has 4 rings (SSSR count). The molecule has 0 saturated heterocycles. The topological polar surface area (TPSA) is 66.8 Å². The average Bonchev–Trinajstić information content (AvgIpc) is 3.12. The van der Waals surface area contributed by atoms with E-state index < -0.39 is 29.7 Å². The molecule has 1 atom stereocenters. The lowest BCUT2D eigenvalue weighted by atomic mass is 9.91. The Kier molecular flexibility index (Phi) is 7.08. The number of hydrogen-bond donors (Lipinski definition) is 1. The zero-order valence-electron chi connectivity index (χ0n) is 19.1. The summed E-state index contributed by atoms with van der Waals surface area (Å²) < 4.78 is 33.2. The Balaban J connectivity index is 1.45. The van der Waals surface area contributed by atoms with Crippen molar-refractivity contribution >= 4 is 23.5 Å². The van der Waals surface area contributed by atoms with E-state index >= 15 is 0 Å². The Morgan fingerprint density at radius 2 is 1.71 bits per heavy atom. The monoisotopic (exact) mass is 499 g/mol. The minimum absolute atomic E-state index is 0.0147. The molecule has 1 aliphatic rings. The molecule has 35 heavy (non-hydrogen) atoms. The predicted molar refractivity (Wildman–Crippen MR) is 127 cm³/mol. The second-order valence-electron chi connectivity index (χ2n) is 9.04. The molecule has 1 heterocycles. The SMILES string of the molecule is C[C@]1(Cc2ccc(Cl)c(F)c2)Cc2cc(CC(=O)N(CC(=O)O)Cc3ccc(F)cc3)ccc2O1. The first-order valence-corrected chi connectivity index (χ1v) is 11.5. The number of hydrogen-bond acceptors (Lipinski definition) is 3. The molecular formula is C27H24ClF2NO4. The lowest BCUT2D eigenvalue weighted by molar-refractivity contribution is -0.144. The van der Waals surface area contributed by atoms with Crippen molar-refractivity contribution in [2.75, 3.05) is 6.54 Å². The van der Waals surface area contributed by atoms with Crippen LogP contribution in [0.3, 0.4) is 0 Å². The van der Waals surface area contributed by atoms with Gasteiger partial charge in [-0.25, -0.2) is 8.78 Å². The fourth-order valence-electron chi connectivity index (χ4n) is 4.36. The number of nitrogens with zero attached hydrogens (tertiary/aromatic N) is 1. The smallest absolute Gasteiger partial charge is 0.323 e. The van der Waals surface area contributed by atoms with Crippen LogP contribution in [0.25, 0.3) is 0 Å². The fraction of sp³-hybridized carbons (Fsp3) is 0.259. The van der Waals surface area contributed by atoms with E-state index in [4.69, 9.17) is 16.3 Å². The zero-order chi connectivity index (χ0) is 25.2. The van der Waals surface area contributed by atoms with E-state index in [0.29, 0.717) is 24.2 Å². The molecule has 0 spiro atoms. The molecule has 0 unspecified atom stereocenters. The van der Waals surface area contributed by atoms with Gasteiger partial charge >= 0.3 is 5.97 Å². The summed E-state index contributed by atoms with van der Waals surface area (Å²) in [7, 11) is 0. The number of carbonyl (C=O) groups excluding carboxylic acids is 1. The number of ether oxygens (including phenoxy) is 1. The summed E-state index contributed by atoms with van der Waals surface area (Å²) in [4.78, 5) is 25.5. The molecule has 8 heteroatoms. The van der Waals surface area contributed by atoms with Crippen molar-refractivity contribution in [1.29, 1.82) is 0 Å². The van der Waals surface area contributed by atoms with Crippen LogP contribution < -0.4 is 4.74 Å². The Labute approximate surface area is 206 Å². The first-order chi connectivity index (χ1) is 16.6. The fourth-order valence-corrected chi connectivity index (χ4v) is 4.47. The van der Waals surface area contributed by atoms with Gasteiger partial charge in [0.25, 0.3) is 0 Å². The van der Waals surface area contributed by atoms with Gasteiger partial charge in [-0.1, -0.05) is 41.9 Å².